The Morgan fingerprint density at radius 1 is 1.07 bits per heavy atom. The van der Waals surface area contributed by atoms with Gasteiger partial charge in [-0.1, -0.05) is 60.7 Å². The zero-order valence-electron chi connectivity index (χ0n) is 15.3. The minimum atomic E-state index is -0.455. The number of β-lactam (4-membered cyclic amide) rings is 1. The minimum Gasteiger partial charge on any atom is -0.466 e. The number of hydrogen-bond donors (Lipinski definition) is 1. The van der Waals surface area contributed by atoms with E-state index in [0.717, 1.165) is 11.3 Å². The van der Waals surface area contributed by atoms with Crippen LogP contribution in [0.4, 0.5) is 5.69 Å². The van der Waals surface area contributed by atoms with E-state index in [1.165, 1.54) is 13.2 Å². The molecular formula is C22H22N2O3. The molecule has 2 aromatic carbocycles. The van der Waals surface area contributed by atoms with Crippen molar-refractivity contribution in [2.75, 3.05) is 12.0 Å². The van der Waals surface area contributed by atoms with E-state index in [1.807, 2.05) is 72.8 Å². The second kappa shape index (κ2) is 8.36. The number of nitrogens with one attached hydrogen (secondary N) is 1. The summed E-state index contributed by atoms with van der Waals surface area (Å²) in [4.78, 5) is 25.9. The third-order valence-electron chi connectivity index (χ3n) is 4.38. The van der Waals surface area contributed by atoms with Gasteiger partial charge in [0.25, 0.3) is 5.91 Å². The first-order valence-electron chi connectivity index (χ1n) is 8.74. The molecule has 2 aromatic rings. The highest BCUT2D eigenvalue weighted by Gasteiger charge is 2.46. The van der Waals surface area contributed by atoms with E-state index >= 15 is 0 Å². The number of methoxy groups -OCH3 is 1. The van der Waals surface area contributed by atoms with Crippen molar-refractivity contribution in [3.8, 4) is 0 Å². The maximum atomic E-state index is 12.8. The van der Waals surface area contributed by atoms with Crippen molar-refractivity contribution < 1.29 is 14.3 Å². The Kier molecular flexibility index (Phi) is 5.71. The lowest BCUT2D eigenvalue weighted by Crippen LogP contribution is -2.69. The molecule has 1 fully saturated rings. The highest BCUT2D eigenvalue weighted by atomic mass is 16.5. The molecule has 1 aliphatic heterocycles. The van der Waals surface area contributed by atoms with E-state index in [0.29, 0.717) is 5.70 Å². The Morgan fingerprint density at radius 3 is 2.33 bits per heavy atom. The Labute approximate surface area is 158 Å². The lowest BCUT2D eigenvalue weighted by Gasteiger charge is -2.46. The number of carbonyl (C=O) groups excluding carboxylic acids is 2. The summed E-state index contributed by atoms with van der Waals surface area (Å²) < 4.78 is 4.64. The molecule has 0 radical (unpaired) electrons. The summed E-state index contributed by atoms with van der Waals surface area (Å²) >= 11 is 0. The van der Waals surface area contributed by atoms with Crippen LogP contribution in [0.25, 0.3) is 6.08 Å². The highest BCUT2D eigenvalue weighted by molar-refractivity contribution is 6.06. The number of para-hydroxylation sites is 1. The molecule has 2 unspecified atom stereocenters. The Morgan fingerprint density at radius 2 is 1.70 bits per heavy atom. The Hall–Kier alpha value is -3.34. The molecule has 5 heteroatoms. The first kappa shape index (κ1) is 18.5. The fourth-order valence-electron chi connectivity index (χ4n) is 3.04. The molecule has 1 aliphatic rings. The number of hydrogen-bond acceptors (Lipinski definition) is 4. The van der Waals surface area contributed by atoms with Gasteiger partial charge in [-0.3, -0.25) is 4.79 Å². The molecule has 2 atom stereocenters. The third-order valence-corrected chi connectivity index (χ3v) is 4.38. The monoisotopic (exact) mass is 362 g/mol. The van der Waals surface area contributed by atoms with Gasteiger partial charge in [-0.15, -0.1) is 0 Å². The van der Waals surface area contributed by atoms with Crippen molar-refractivity contribution in [1.82, 2.24) is 5.32 Å². The molecule has 138 valence electrons. The molecule has 1 amide bonds. The van der Waals surface area contributed by atoms with Crippen LogP contribution >= 0.6 is 0 Å². The molecular weight excluding hydrogens is 340 g/mol. The number of amides is 1. The summed E-state index contributed by atoms with van der Waals surface area (Å²) in [7, 11) is 1.32. The molecule has 0 aromatic heterocycles. The summed E-state index contributed by atoms with van der Waals surface area (Å²) in [5, 5.41) is 3.14. The van der Waals surface area contributed by atoms with E-state index in [4.69, 9.17) is 0 Å². The van der Waals surface area contributed by atoms with E-state index in [9.17, 15) is 9.59 Å². The number of allylic oxidation sites excluding steroid dienone is 1. The number of nitrogens with zero attached hydrogens (tertiary/aromatic N) is 1. The SMILES string of the molecule is COC(=O)C=C(C)NC1C(=O)N(c2ccccc2)C1C=Cc1ccccc1. The van der Waals surface area contributed by atoms with Crippen molar-refractivity contribution in [3.05, 3.63) is 84.1 Å². The summed E-state index contributed by atoms with van der Waals surface area (Å²) in [6.07, 6.45) is 5.35. The lowest BCUT2D eigenvalue weighted by atomic mass is 9.92. The highest BCUT2D eigenvalue weighted by Crippen LogP contribution is 2.30. The Bertz CT molecular complexity index is 860. The molecule has 5 nitrogen and oxygen atoms in total. The molecule has 0 bridgehead atoms. The fourth-order valence-corrected chi connectivity index (χ4v) is 3.04. The van der Waals surface area contributed by atoms with Gasteiger partial charge < -0.3 is 15.0 Å². The van der Waals surface area contributed by atoms with Crippen molar-refractivity contribution in [1.29, 1.82) is 0 Å². The first-order chi connectivity index (χ1) is 13.1. The van der Waals surface area contributed by atoms with Crippen LogP contribution in [0.3, 0.4) is 0 Å². The van der Waals surface area contributed by atoms with E-state index in [1.54, 1.807) is 11.8 Å². The molecule has 1 N–H and O–H groups in total. The number of rotatable bonds is 6. The van der Waals surface area contributed by atoms with Crippen LogP contribution in [0.2, 0.25) is 0 Å². The van der Waals surface area contributed by atoms with Gasteiger partial charge in [0.2, 0.25) is 0 Å². The fraction of sp³-hybridized carbons (Fsp3) is 0.182. The second-order valence-corrected chi connectivity index (χ2v) is 6.28. The zero-order chi connectivity index (χ0) is 19.2. The maximum Gasteiger partial charge on any atom is 0.332 e. The summed E-state index contributed by atoms with van der Waals surface area (Å²) in [5.41, 5.74) is 2.49. The van der Waals surface area contributed by atoms with Crippen LogP contribution in [0.1, 0.15) is 12.5 Å². The molecule has 1 heterocycles. The number of esters is 1. The number of carbonyl (C=O) groups is 2. The third kappa shape index (κ3) is 4.26. The predicted molar refractivity (Wildman–Crippen MR) is 106 cm³/mol. The smallest absolute Gasteiger partial charge is 0.332 e. The van der Waals surface area contributed by atoms with Crippen LogP contribution in [0.5, 0.6) is 0 Å². The van der Waals surface area contributed by atoms with Gasteiger partial charge in [-0.05, 0) is 24.6 Å². The van der Waals surface area contributed by atoms with Gasteiger partial charge in [-0.2, -0.15) is 0 Å². The number of anilines is 1. The van der Waals surface area contributed by atoms with E-state index < -0.39 is 12.0 Å². The predicted octanol–water partition coefficient (Wildman–Crippen LogP) is 3.15. The van der Waals surface area contributed by atoms with Gasteiger partial charge in [0.1, 0.15) is 6.04 Å². The standard InChI is InChI=1S/C22H22N2O3/c1-16(15-20(25)27-2)23-21-19(14-13-17-9-5-3-6-10-17)24(22(21)26)18-11-7-4-8-12-18/h3-15,19,21,23H,1-2H3. The van der Waals surface area contributed by atoms with Crippen LogP contribution in [-0.2, 0) is 14.3 Å². The van der Waals surface area contributed by atoms with Crippen molar-refractivity contribution in [2.24, 2.45) is 0 Å². The van der Waals surface area contributed by atoms with Gasteiger partial charge in [0, 0.05) is 17.5 Å². The topological polar surface area (TPSA) is 58.6 Å². The normalized spacial score (nSPS) is 19.7. The zero-order valence-corrected chi connectivity index (χ0v) is 15.3. The molecule has 0 aliphatic carbocycles. The summed E-state index contributed by atoms with van der Waals surface area (Å²) in [6, 6.07) is 18.9. The van der Waals surface area contributed by atoms with Crippen molar-refractivity contribution >= 4 is 23.6 Å². The van der Waals surface area contributed by atoms with Gasteiger partial charge >= 0.3 is 5.97 Å². The summed E-state index contributed by atoms with van der Waals surface area (Å²) in [6.45, 7) is 1.74. The molecule has 1 saturated heterocycles. The van der Waals surface area contributed by atoms with Crippen LogP contribution < -0.4 is 10.2 Å². The number of benzene rings is 2. The van der Waals surface area contributed by atoms with Crippen LogP contribution in [-0.4, -0.2) is 31.1 Å². The average Bonchev–Trinajstić information content (AvgIpc) is 2.70. The first-order valence-corrected chi connectivity index (χ1v) is 8.74. The van der Waals surface area contributed by atoms with E-state index in [-0.39, 0.29) is 11.9 Å². The van der Waals surface area contributed by atoms with Crippen molar-refractivity contribution in [2.45, 2.75) is 19.0 Å². The maximum absolute atomic E-state index is 12.8. The Balaban J connectivity index is 1.83. The van der Waals surface area contributed by atoms with Crippen molar-refractivity contribution in [3.63, 3.8) is 0 Å². The largest absolute Gasteiger partial charge is 0.466 e. The van der Waals surface area contributed by atoms with E-state index in [2.05, 4.69) is 10.1 Å². The molecule has 27 heavy (non-hydrogen) atoms. The van der Waals surface area contributed by atoms with Gasteiger partial charge in [0.15, 0.2) is 0 Å². The molecule has 0 saturated carbocycles. The average molecular weight is 362 g/mol. The van der Waals surface area contributed by atoms with Gasteiger partial charge in [-0.25, -0.2) is 4.79 Å². The summed E-state index contributed by atoms with van der Waals surface area (Å²) in [5.74, 6) is -0.496. The number of ether oxygens (including phenoxy) is 1. The quantitative estimate of drug-likeness (QED) is 0.487. The van der Waals surface area contributed by atoms with Gasteiger partial charge in [0.05, 0.1) is 13.2 Å². The minimum absolute atomic E-state index is 0.0403. The molecule has 0 spiro atoms. The lowest BCUT2D eigenvalue weighted by molar-refractivity contribution is -0.135. The molecule has 3 rings (SSSR count). The van der Waals surface area contributed by atoms with Crippen LogP contribution in [0, 0.1) is 0 Å². The second-order valence-electron chi connectivity index (χ2n) is 6.28. The van der Waals surface area contributed by atoms with Crippen LogP contribution in [0.15, 0.2) is 78.5 Å².